The average molecular weight is 407 g/mol. The highest BCUT2D eigenvalue weighted by Gasteiger charge is 2.17. The highest BCUT2D eigenvalue weighted by Crippen LogP contribution is 2.29. The standard InChI is InChI=1S/C20H18N6S2/c1-13-16(14(2)25(23-13)15-7-4-3-5-8-15)10-11-18-21-22-20-26(18)24-19(28-20)17-9-6-12-27-17/h3-9,12H,10-11H2,1-2H3. The summed E-state index contributed by atoms with van der Waals surface area (Å²) in [6, 6.07) is 14.4. The summed E-state index contributed by atoms with van der Waals surface area (Å²) in [5.41, 5.74) is 4.57. The largest absolute Gasteiger partial charge is 0.238 e. The zero-order chi connectivity index (χ0) is 19.1. The van der Waals surface area contributed by atoms with Crippen molar-refractivity contribution in [2.75, 3.05) is 0 Å². The third kappa shape index (κ3) is 2.94. The highest BCUT2D eigenvalue weighted by atomic mass is 32.1. The summed E-state index contributed by atoms with van der Waals surface area (Å²) in [5, 5.41) is 21.2. The normalized spacial score (nSPS) is 11.5. The predicted octanol–water partition coefficient (Wildman–Crippen LogP) is 4.50. The van der Waals surface area contributed by atoms with E-state index in [9.17, 15) is 0 Å². The van der Waals surface area contributed by atoms with Crippen molar-refractivity contribution in [1.82, 2.24) is 29.6 Å². The molecular weight excluding hydrogens is 388 g/mol. The zero-order valence-electron chi connectivity index (χ0n) is 15.5. The minimum atomic E-state index is 0.775. The van der Waals surface area contributed by atoms with Crippen LogP contribution in [0.25, 0.3) is 20.5 Å². The first kappa shape index (κ1) is 17.3. The summed E-state index contributed by atoms with van der Waals surface area (Å²) in [5.74, 6) is 0.889. The lowest BCUT2D eigenvalue weighted by atomic mass is 10.1. The van der Waals surface area contributed by atoms with Crippen molar-refractivity contribution in [3.8, 4) is 15.6 Å². The van der Waals surface area contributed by atoms with E-state index in [4.69, 9.17) is 10.2 Å². The number of fused-ring (bicyclic) bond motifs is 1. The van der Waals surface area contributed by atoms with Crippen molar-refractivity contribution >= 4 is 27.6 Å². The molecular formula is C20H18N6S2. The number of nitrogens with zero attached hydrogens (tertiary/aromatic N) is 6. The van der Waals surface area contributed by atoms with Gasteiger partial charge in [0.25, 0.3) is 0 Å². The second kappa shape index (κ2) is 6.96. The van der Waals surface area contributed by atoms with E-state index in [1.54, 1.807) is 22.7 Å². The number of para-hydroxylation sites is 1. The van der Waals surface area contributed by atoms with Crippen LogP contribution in [0, 0.1) is 13.8 Å². The predicted molar refractivity (Wildman–Crippen MR) is 112 cm³/mol. The van der Waals surface area contributed by atoms with E-state index in [2.05, 4.69) is 47.6 Å². The molecule has 28 heavy (non-hydrogen) atoms. The van der Waals surface area contributed by atoms with Gasteiger partial charge in [-0.3, -0.25) is 0 Å². The molecule has 8 heteroatoms. The molecule has 0 N–H and O–H groups in total. The number of aryl methyl sites for hydroxylation is 2. The molecule has 0 atom stereocenters. The third-order valence-corrected chi connectivity index (χ3v) is 6.77. The molecule has 140 valence electrons. The van der Waals surface area contributed by atoms with Crippen molar-refractivity contribution in [3.05, 3.63) is 70.6 Å². The van der Waals surface area contributed by atoms with Crippen LogP contribution < -0.4 is 0 Å². The van der Waals surface area contributed by atoms with E-state index in [0.717, 1.165) is 44.9 Å². The number of aromatic nitrogens is 6. The number of hydrogen-bond acceptors (Lipinski definition) is 6. The second-order valence-corrected chi connectivity index (χ2v) is 8.50. The topological polar surface area (TPSA) is 60.9 Å². The maximum absolute atomic E-state index is 4.74. The molecule has 0 amide bonds. The van der Waals surface area contributed by atoms with Gasteiger partial charge in [0.05, 0.1) is 16.3 Å². The molecule has 5 aromatic rings. The molecule has 1 aromatic carbocycles. The Hall–Kier alpha value is -2.84. The van der Waals surface area contributed by atoms with Crippen molar-refractivity contribution in [2.24, 2.45) is 0 Å². The molecule has 0 saturated heterocycles. The SMILES string of the molecule is Cc1nn(-c2ccccc2)c(C)c1CCc1nnc2sc(-c3cccs3)nn12. The summed E-state index contributed by atoms with van der Waals surface area (Å²) in [7, 11) is 0. The van der Waals surface area contributed by atoms with Gasteiger partial charge >= 0.3 is 0 Å². The van der Waals surface area contributed by atoms with Crippen molar-refractivity contribution < 1.29 is 0 Å². The summed E-state index contributed by atoms with van der Waals surface area (Å²) >= 11 is 3.27. The van der Waals surface area contributed by atoms with Crippen LogP contribution in [0.5, 0.6) is 0 Å². The van der Waals surface area contributed by atoms with Crippen LogP contribution in [0.2, 0.25) is 0 Å². The average Bonchev–Trinajstić information content (AvgIpc) is 3.47. The third-order valence-electron chi connectivity index (χ3n) is 4.83. The first-order valence-electron chi connectivity index (χ1n) is 9.06. The van der Waals surface area contributed by atoms with E-state index < -0.39 is 0 Å². The fraction of sp³-hybridized carbons (Fsp3) is 0.200. The first-order chi connectivity index (χ1) is 13.7. The molecule has 0 unspecified atom stereocenters. The minimum absolute atomic E-state index is 0.775. The van der Waals surface area contributed by atoms with Crippen LogP contribution in [-0.4, -0.2) is 29.6 Å². The summed E-state index contributed by atoms with van der Waals surface area (Å²) in [6.45, 7) is 4.19. The molecule has 0 spiro atoms. The Kier molecular flexibility index (Phi) is 4.29. The maximum Gasteiger partial charge on any atom is 0.235 e. The van der Waals surface area contributed by atoms with Crippen LogP contribution in [0.15, 0.2) is 47.8 Å². The smallest absolute Gasteiger partial charge is 0.235 e. The molecule has 4 aromatic heterocycles. The van der Waals surface area contributed by atoms with Gasteiger partial charge in [-0.15, -0.1) is 21.5 Å². The van der Waals surface area contributed by atoms with Gasteiger partial charge in [0.1, 0.15) is 0 Å². The minimum Gasteiger partial charge on any atom is -0.238 e. The van der Waals surface area contributed by atoms with Crippen molar-refractivity contribution in [2.45, 2.75) is 26.7 Å². The Morgan fingerprint density at radius 3 is 2.57 bits per heavy atom. The number of hydrogen-bond donors (Lipinski definition) is 0. The van der Waals surface area contributed by atoms with Crippen LogP contribution in [0.3, 0.4) is 0 Å². The number of thiophene rings is 1. The first-order valence-corrected chi connectivity index (χ1v) is 10.8. The Bertz CT molecular complexity index is 1230. The van der Waals surface area contributed by atoms with Crippen LogP contribution in [-0.2, 0) is 12.8 Å². The van der Waals surface area contributed by atoms with Crippen LogP contribution in [0.1, 0.15) is 22.8 Å². The lowest BCUT2D eigenvalue weighted by Gasteiger charge is -2.05. The van der Waals surface area contributed by atoms with E-state index in [1.807, 2.05) is 33.5 Å². The van der Waals surface area contributed by atoms with Crippen molar-refractivity contribution in [1.29, 1.82) is 0 Å². The molecule has 0 radical (unpaired) electrons. The molecule has 0 fully saturated rings. The molecule has 4 heterocycles. The highest BCUT2D eigenvalue weighted by molar-refractivity contribution is 7.23. The van der Waals surface area contributed by atoms with Gasteiger partial charge in [-0.05, 0) is 49.4 Å². The molecule has 0 aliphatic carbocycles. The zero-order valence-corrected chi connectivity index (χ0v) is 17.2. The molecule has 0 saturated carbocycles. The number of rotatable bonds is 5. The Morgan fingerprint density at radius 1 is 0.929 bits per heavy atom. The van der Waals surface area contributed by atoms with Gasteiger partial charge < -0.3 is 0 Å². The molecule has 0 bridgehead atoms. The summed E-state index contributed by atoms with van der Waals surface area (Å²) in [6.07, 6.45) is 1.63. The van der Waals surface area contributed by atoms with E-state index in [-0.39, 0.29) is 0 Å². The second-order valence-electron chi connectivity index (χ2n) is 6.59. The Morgan fingerprint density at radius 2 is 1.79 bits per heavy atom. The molecule has 6 nitrogen and oxygen atoms in total. The lowest BCUT2D eigenvalue weighted by Crippen LogP contribution is -2.02. The van der Waals surface area contributed by atoms with Gasteiger partial charge in [0.15, 0.2) is 10.8 Å². The quantitative estimate of drug-likeness (QED) is 0.431. The van der Waals surface area contributed by atoms with Crippen molar-refractivity contribution in [3.63, 3.8) is 0 Å². The van der Waals surface area contributed by atoms with Gasteiger partial charge in [0, 0.05) is 12.1 Å². The Balaban J connectivity index is 1.42. The maximum atomic E-state index is 4.74. The number of benzene rings is 1. The monoisotopic (exact) mass is 406 g/mol. The Labute approximate surface area is 170 Å². The van der Waals surface area contributed by atoms with Crippen LogP contribution >= 0.6 is 22.7 Å². The van der Waals surface area contributed by atoms with E-state index in [0.29, 0.717) is 0 Å². The fourth-order valence-corrected chi connectivity index (χ4v) is 5.06. The molecule has 0 aliphatic heterocycles. The lowest BCUT2D eigenvalue weighted by molar-refractivity contribution is 0.787. The molecule has 5 rings (SSSR count). The van der Waals surface area contributed by atoms with Gasteiger partial charge in [-0.25, -0.2) is 4.68 Å². The molecule has 0 aliphatic rings. The van der Waals surface area contributed by atoms with Gasteiger partial charge in [-0.2, -0.15) is 14.7 Å². The van der Waals surface area contributed by atoms with E-state index >= 15 is 0 Å². The van der Waals surface area contributed by atoms with E-state index in [1.165, 1.54) is 11.3 Å². The summed E-state index contributed by atoms with van der Waals surface area (Å²) < 4.78 is 3.90. The van der Waals surface area contributed by atoms with Gasteiger partial charge in [0.2, 0.25) is 4.96 Å². The summed E-state index contributed by atoms with van der Waals surface area (Å²) in [4.78, 5) is 2.00. The van der Waals surface area contributed by atoms with Gasteiger partial charge in [-0.1, -0.05) is 35.6 Å². The van der Waals surface area contributed by atoms with Crippen LogP contribution in [0.4, 0.5) is 0 Å². The fourth-order valence-electron chi connectivity index (χ4n) is 3.41.